The molecule has 0 spiro atoms. The number of aromatic nitrogens is 1. The van der Waals surface area contributed by atoms with Gasteiger partial charge in [-0.1, -0.05) is 13.8 Å². The maximum Gasteiger partial charge on any atom is 0.419 e. The number of nitrogens with zero attached hydrogens (tertiary/aromatic N) is 1. The third-order valence-electron chi connectivity index (χ3n) is 2.85. The van der Waals surface area contributed by atoms with Gasteiger partial charge in [0.15, 0.2) is 12.2 Å². The first-order chi connectivity index (χ1) is 9.79. The quantitative estimate of drug-likeness (QED) is 0.868. The van der Waals surface area contributed by atoms with Gasteiger partial charge < -0.3 is 9.73 Å². The molecule has 0 aliphatic rings. The van der Waals surface area contributed by atoms with Gasteiger partial charge in [0.25, 0.3) is 0 Å². The van der Waals surface area contributed by atoms with Crippen molar-refractivity contribution in [2.24, 2.45) is 0 Å². The molecule has 0 aliphatic heterocycles. The molecule has 7 heteroatoms. The first-order valence-corrected chi connectivity index (χ1v) is 6.32. The molecule has 1 aromatic heterocycles. The maximum atomic E-state index is 13.3. The SMILES string of the molecule is CC(C)NCc1ncoc1-c1ccc(F)c(C(F)(F)F)c1. The van der Waals surface area contributed by atoms with E-state index in [9.17, 15) is 17.6 Å². The number of oxazole rings is 1. The Morgan fingerprint density at radius 1 is 1.29 bits per heavy atom. The summed E-state index contributed by atoms with van der Waals surface area (Å²) in [6.45, 7) is 4.21. The molecule has 3 nitrogen and oxygen atoms in total. The van der Waals surface area contributed by atoms with Gasteiger partial charge >= 0.3 is 6.18 Å². The molecule has 0 unspecified atom stereocenters. The third-order valence-corrected chi connectivity index (χ3v) is 2.85. The van der Waals surface area contributed by atoms with Crippen LogP contribution in [-0.2, 0) is 12.7 Å². The zero-order chi connectivity index (χ0) is 15.6. The van der Waals surface area contributed by atoms with Gasteiger partial charge in [-0.2, -0.15) is 13.2 Å². The van der Waals surface area contributed by atoms with Crippen molar-refractivity contribution in [3.8, 4) is 11.3 Å². The van der Waals surface area contributed by atoms with E-state index in [1.165, 1.54) is 6.07 Å². The average molecular weight is 302 g/mol. The van der Waals surface area contributed by atoms with Crippen LogP contribution < -0.4 is 5.32 Å². The summed E-state index contributed by atoms with van der Waals surface area (Å²) in [4.78, 5) is 3.97. The van der Waals surface area contributed by atoms with Crippen LogP contribution in [0.2, 0.25) is 0 Å². The minimum atomic E-state index is -4.75. The van der Waals surface area contributed by atoms with Crippen molar-refractivity contribution >= 4 is 0 Å². The van der Waals surface area contributed by atoms with Crippen molar-refractivity contribution in [1.82, 2.24) is 10.3 Å². The topological polar surface area (TPSA) is 38.1 Å². The summed E-state index contributed by atoms with van der Waals surface area (Å²) in [6, 6.07) is 2.94. The highest BCUT2D eigenvalue weighted by atomic mass is 19.4. The summed E-state index contributed by atoms with van der Waals surface area (Å²) in [6.07, 6.45) is -3.60. The van der Waals surface area contributed by atoms with Crippen LogP contribution in [-0.4, -0.2) is 11.0 Å². The number of halogens is 4. The van der Waals surface area contributed by atoms with E-state index < -0.39 is 17.6 Å². The predicted octanol–water partition coefficient (Wildman–Crippen LogP) is 4.00. The van der Waals surface area contributed by atoms with Crippen LogP contribution >= 0.6 is 0 Å². The average Bonchev–Trinajstić information content (AvgIpc) is 2.84. The van der Waals surface area contributed by atoms with E-state index in [4.69, 9.17) is 4.42 Å². The van der Waals surface area contributed by atoms with Crippen molar-refractivity contribution < 1.29 is 22.0 Å². The zero-order valence-electron chi connectivity index (χ0n) is 11.5. The number of benzene rings is 1. The van der Waals surface area contributed by atoms with Crippen LogP contribution in [0.15, 0.2) is 29.0 Å². The normalized spacial score (nSPS) is 12.1. The minimum Gasteiger partial charge on any atom is -0.443 e. The second kappa shape index (κ2) is 5.85. The lowest BCUT2D eigenvalue weighted by Crippen LogP contribution is -2.22. The van der Waals surface area contributed by atoms with E-state index in [1.807, 2.05) is 13.8 Å². The van der Waals surface area contributed by atoms with Gasteiger partial charge in [-0.15, -0.1) is 0 Å². The van der Waals surface area contributed by atoms with E-state index in [0.29, 0.717) is 12.2 Å². The molecule has 0 amide bonds. The Balaban J connectivity index is 2.37. The Morgan fingerprint density at radius 3 is 2.62 bits per heavy atom. The van der Waals surface area contributed by atoms with Gasteiger partial charge in [0, 0.05) is 18.2 Å². The van der Waals surface area contributed by atoms with Crippen molar-refractivity contribution in [2.75, 3.05) is 0 Å². The summed E-state index contributed by atoms with van der Waals surface area (Å²) in [5, 5.41) is 3.10. The first-order valence-electron chi connectivity index (χ1n) is 6.32. The number of alkyl halides is 3. The predicted molar refractivity (Wildman–Crippen MR) is 68.9 cm³/mol. The van der Waals surface area contributed by atoms with Gasteiger partial charge in [0.1, 0.15) is 11.5 Å². The van der Waals surface area contributed by atoms with E-state index in [2.05, 4.69) is 10.3 Å². The van der Waals surface area contributed by atoms with E-state index in [1.54, 1.807) is 0 Å². The molecule has 0 aliphatic carbocycles. The van der Waals surface area contributed by atoms with Crippen LogP contribution in [0.25, 0.3) is 11.3 Å². The van der Waals surface area contributed by atoms with Crippen LogP contribution in [0.4, 0.5) is 17.6 Å². The molecule has 0 bridgehead atoms. The summed E-state index contributed by atoms with van der Waals surface area (Å²) in [5.74, 6) is -1.11. The van der Waals surface area contributed by atoms with Crippen molar-refractivity contribution in [3.05, 3.63) is 41.7 Å². The smallest absolute Gasteiger partial charge is 0.419 e. The second-order valence-corrected chi connectivity index (χ2v) is 4.86. The Bertz CT molecular complexity index is 620. The molecule has 1 heterocycles. The van der Waals surface area contributed by atoms with Gasteiger partial charge in [0.2, 0.25) is 0 Å². The second-order valence-electron chi connectivity index (χ2n) is 4.86. The third kappa shape index (κ3) is 3.60. The maximum absolute atomic E-state index is 13.3. The number of hydrogen-bond donors (Lipinski definition) is 1. The largest absolute Gasteiger partial charge is 0.443 e. The summed E-state index contributed by atoms with van der Waals surface area (Å²) >= 11 is 0. The highest BCUT2D eigenvalue weighted by Crippen LogP contribution is 2.34. The molecule has 0 radical (unpaired) electrons. The minimum absolute atomic E-state index is 0.141. The molecule has 114 valence electrons. The molecule has 0 saturated heterocycles. The molecule has 2 rings (SSSR count). The molecule has 1 N–H and O–H groups in total. The molecule has 0 fully saturated rings. The van der Waals surface area contributed by atoms with Crippen molar-refractivity contribution in [1.29, 1.82) is 0 Å². The fraction of sp³-hybridized carbons (Fsp3) is 0.357. The van der Waals surface area contributed by atoms with E-state index in [-0.39, 0.29) is 17.4 Å². The lowest BCUT2D eigenvalue weighted by atomic mass is 10.1. The van der Waals surface area contributed by atoms with Gasteiger partial charge in [-0.05, 0) is 18.2 Å². The Hall–Kier alpha value is -1.89. The first kappa shape index (κ1) is 15.5. The van der Waals surface area contributed by atoms with Crippen LogP contribution in [0.3, 0.4) is 0 Å². The highest BCUT2D eigenvalue weighted by Gasteiger charge is 2.34. The molecule has 0 atom stereocenters. The van der Waals surface area contributed by atoms with E-state index >= 15 is 0 Å². The number of nitrogens with one attached hydrogen (secondary N) is 1. The molecule has 0 saturated carbocycles. The number of hydrogen-bond acceptors (Lipinski definition) is 3. The van der Waals surface area contributed by atoms with Gasteiger partial charge in [-0.3, -0.25) is 0 Å². The Morgan fingerprint density at radius 2 is 2.00 bits per heavy atom. The molecule has 1 aromatic carbocycles. The van der Waals surface area contributed by atoms with Crippen LogP contribution in [0, 0.1) is 5.82 Å². The number of rotatable bonds is 4. The summed E-state index contributed by atoms with van der Waals surface area (Å²) in [5.41, 5.74) is -0.704. The fourth-order valence-corrected chi connectivity index (χ4v) is 1.81. The van der Waals surface area contributed by atoms with Gasteiger partial charge in [0.05, 0.1) is 5.56 Å². The van der Waals surface area contributed by atoms with E-state index in [0.717, 1.165) is 18.5 Å². The summed E-state index contributed by atoms with van der Waals surface area (Å²) < 4.78 is 56.6. The molecule has 2 aromatic rings. The summed E-state index contributed by atoms with van der Waals surface area (Å²) in [7, 11) is 0. The lowest BCUT2D eigenvalue weighted by Gasteiger charge is -2.10. The van der Waals surface area contributed by atoms with Gasteiger partial charge in [-0.25, -0.2) is 9.37 Å². The molecular formula is C14H14F4N2O. The lowest BCUT2D eigenvalue weighted by molar-refractivity contribution is -0.139. The van der Waals surface area contributed by atoms with Crippen molar-refractivity contribution in [2.45, 2.75) is 32.6 Å². The molecular weight excluding hydrogens is 288 g/mol. The van der Waals surface area contributed by atoms with Crippen LogP contribution in [0.5, 0.6) is 0 Å². The Kier molecular flexibility index (Phi) is 4.32. The monoisotopic (exact) mass is 302 g/mol. The molecule has 21 heavy (non-hydrogen) atoms. The highest BCUT2D eigenvalue weighted by molar-refractivity contribution is 5.61. The standard InChI is InChI=1S/C14H14F4N2O/c1-8(2)19-6-12-13(21-7-20-12)9-3-4-11(15)10(5-9)14(16,17)18/h3-5,7-8,19H,6H2,1-2H3. The zero-order valence-corrected chi connectivity index (χ0v) is 11.5. The van der Waals surface area contributed by atoms with Crippen LogP contribution in [0.1, 0.15) is 25.1 Å². The fourth-order valence-electron chi connectivity index (χ4n) is 1.81. The van der Waals surface area contributed by atoms with Crippen molar-refractivity contribution in [3.63, 3.8) is 0 Å². The Labute approximate surface area is 119 Å².